The summed E-state index contributed by atoms with van der Waals surface area (Å²) in [5.41, 5.74) is 2.61. The predicted molar refractivity (Wildman–Crippen MR) is 84.1 cm³/mol. The Morgan fingerprint density at radius 1 is 1.14 bits per heavy atom. The smallest absolute Gasteiger partial charge is 0.175 e. The maximum atomic E-state index is 4.30. The van der Waals surface area contributed by atoms with Gasteiger partial charge in [0.1, 0.15) is 0 Å². The van der Waals surface area contributed by atoms with E-state index in [0.717, 1.165) is 25.3 Å². The van der Waals surface area contributed by atoms with Crippen LogP contribution in [-0.4, -0.2) is 33.3 Å². The Morgan fingerprint density at radius 3 is 2.43 bits per heavy atom. The standard InChI is InChI=1S/C16H25N5/c1-12(2)10-17-11-15(9-16-18-20-21(4)19-16)14-7-5-13(3)6-8-14/h5-8,12,15,17H,9-11H2,1-4H3. The summed E-state index contributed by atoms with van der Waals surface area (Å²) in [6, 6.07) is 8.73. The predicted octanol–water partition coefficient (Wildman–Crippen LogP) is 2.09. The second kappa shape index (κ2) is 7.31. The van der Waals surface area contributed by atoms with Crippen LogP contribution in [-0.2, 0) is 13.5 Å². The third-order valence-corrected chi connectivity index (χ3v) is 3.47. The number of rotatable bonds is 7. The lowest BCUT2D eigenvalue weighted by atomic mass is 9.94. The zero-order valence-corrected chi connectivity index (χ0v) is 13.4. The second-order valence-corrected chi connectivity index (χ2v) is 6.06. The quantitative estimate of drug-likeness (QED) is 0.847. The Hall–Kier alpha value is -1.75. The van der Waals surface area contributed by atoms with Crippen LogP contribution in [0.1, 0.15) is 36.7 Å². The van der Waals surface area contributed by atoms with E-state index in [9.17, 15) is 0 Å². The summed E-state index contributed by atoms with van der Waals surface area (Å²) in [7, 11) is 1.80. The Kier molecular flexibility index (Phi) is 5.44. The van der Waals surface area contributed by atoms with Crippen molar-refractivity contribution in [2.45, 2.75) is 33.1 Å². The van der Waals surface area contributed by atoms with Crippen LogP contribution in [0.15, 0.2) is 24.3 Å². The van der Waals surface area contributed by atoms with Crippen molar-refractivity contribution in [3.05, 3.63) is 41.2 Å². The number of aryl methyl sites for hydroxylation is 2. The van der Waals surface area contributed by atoms with Gasteiger partial charge in [0.05, 0.1) is 7.05 Å². The number of aromatic nitrogens is 4. The Morgan fingerprint density at radius 2 is 1.86 bits per heavy atom. The van der Waals surface area contributed by atoms with Crippen LogP contribution in [0.3, 0.4) is 0 Å². The summed E-state index contributed by atoms with van der Waals surface area (Å²) < 4.78 is 0. The van der Waals surface area contributed by atoms with Gasteiger partial charge in [0.2, 0.25) is 0 Å². The largest absolute Gasteiger partial charge is 0.316 e. The van der Waals surface area contributed by atoms with Crippen LogP contribution >= 0.6 is 0 Å². The number of nitrogens with one attached hydrogen (secondary N) is 1. The molecule has 1 N–H and O–H groups in total. The minimum atomic E-state index is 0.369. The lowest BCUT2D eigenvalue weighted by molar-refractivity contribution is 0.509. The molecule has 5 nitrogen and oxygen atoms in total. The molecule has 1 atom stereocenters. The van der Waals surface area contributed by atoms with E-state index in [0.29, 0.717) is 11.8 Å². The fraction of sp³-hybridized carbons (Fsp3) is 0.562. The zero-order valence-electron chi connectivity index (χ0n) is 13.4. The van der Waals surface area contributed by atoms with Gasteiger partial charge in [-0.1, -0.05) is 43.7 Å². The summed E-state index contributed by atoms with van der Waals surface area (Å²) >= 11 is 0. The first-order valence-electron chi connectivity index (χ1n) is 7.54. The van der Waals surface area contributed by atoms with Crippen molar-refractivity contribution >= 4 is 0 Å². The first-order valence-corrected chi connectivity index (χ1v) is 7.54. The van der Waals surface area contributed by atoms with Crippen molar-refractivity contribution < 1.29 is 0 Å². The number of tetrazole rings is 1. The number of hydrogen-bond donors (Lipinski definition) is 1. The van der Waals surface area contributed by atoms with Crippen molar-refractivity contribution in [2.24, 2.45) is 13.0 Å². The zero-order chi connectivity index (χ0) is 15.2. The minimum absolute atomic E-state index is 0.369. The van der Waals surface area contributed by atoms with E-state index in [1.807, 2.05) is 0 Å². The fourth-order valence-electron chi connectivity index (χ4n) is 2.32. The van der Waals surface area contributed by atoms with Gasteiger partial charge in [-0.05, 0) is 30.2 Å². The van der Waals surface area contributed by atoms with E-state index in [-0.39, 0.29) is 0 Å². The van der Waals surface area contributed by atoms with Gasteiger partial charge in [-0.2, -0.15) is 4.80 Å². The number of benzene rings is 1. The third kappa shape index (κ3) is 4.93. The summed E-state index contributed by atoms with van der Waals surface area (Å²) in [4.78, 5) is 1.52. The lowest BCUT2D eigenvalue weighted by Crippen LogP contribution is -2.26. The average Bonchev–Trinajstić information content (AvgIpc) is 2.84. The van der Waals surface area contributed by atoms with Crippen LogP contribution in [0.2, 0.25) is 0 Å². The Bertz CT molecular complexity index is 544. The van der Waals surface area contributed by atoms with Crippen molar-refractivity contribution in [3.63, 3.8) is 0 Å². The molecule has 0 aliphatic heterocycles. The van der Waals surface area contributed by atoms with Gasteiger partial charge in [-0.3, -0.25) is 0 Å². The Labute approximate surface area is 126 Å². The van der Waals surface area contributed by atoms with Crippen LogP contribution in [0.5, 0.6) is 0 Å². The maximum Gasteiger partial charge on any atom is 0.175 e. The van der Waals surface area contributed by atoms with Gasteiger partial charge < -0.3 is 5.32 Å². The van der Waals surface area contributed by atoms with E-state index in [1.54, 1.807) is 7.05 Å². The van der Waals surface area contributed by atoms with Crippen molar-refractivity contribution in [1.29, 1.82) is 0 Å². The molecular weight excluding hydrogens is 262 g/mol. The van der Waals surface area contributed by atoms with Gasteiger partial charge in [0.15, 0.2) is 5.82 Å². The van der Waals surface area contributed by atoms with Crippen LogP contribution in [0, 0.1) is 12.8 Å². The van der Waals surface area contributed by atoms with Gasteiger partial charge >= 0.3 is 0 Å². The topological polar surface area (TPSA) is 55.6 Å². The average molecular weight is 287 g/mol. The molecule has 0 fully saturated rings. The molecule has 1 aromatic heterocycles. The van der Waals surface area contributed by atoms with Gasteiger partial charge in [-0.15, -0.1) is 10.2 Å². The first kappa shape index (κ1) is 15.6. The normalized spacial score (nSPS) is 12.8. The van der Waals surface area contributed by atoms with Crippen LogP contribution in [0.4, 0.5) is 0 Å². The molecule has 114 valence electrons. The molecule has 1 unspecified atom stereocenters. The van der Waals surface area contributed by atoms with E-state index in [1.165, 1.54) is 15.9 Å². The van der Waals surface area contributed by atoms with E-state index >= 15 is 0 Å². The Balaban J connectivity index is 2.07. The van der Waals surface area contributed by atoms with Gasteiger partial charge in [0.25, 0.3) is 0 Å². The molecule has 0 radical (unpaired) electrons. The molecule has 1 heterocycles. The fourth-order valence-corrected chi connectivity index (χ4v) is 2.32. The second-order valence-electron chi connectivity index (χ2n) is 6.06. The maximum absolute atomic E-state index is 4.30. The van der Waals surface area contributed by atoms with Crippen molar-refractivity contribution in [3.8, 4) is 0 Å². The van der Waals surface area contributed by atoms with Gasteiger partial charge in [0, 0.05) is 18.9 Å². The number of hydrogen-bond acceptors (Lipinski definition) is 4. The SMILES string of the molecule is Cc1ccc(C(CNCC(C)C)Cc2nnn(C)n2)cc1. The molecule has 2 aromatic rings. The first-order chi connectivity index (χ1) is 10.0. The molecule has 21 heavy (non-hydrogen) atoms. The molecular formula is C16H25N5. The molecule has 5 heteroatoms. The molecule has 0 amide bonds. The molecule has 0 saturated heterocycles. The molecule has 1 aromatic carbocycles. The summed E-state index contributed by atoms with van der Waals surface area (Å²) in [5.74, 6) is 1.82. The highest BCUT2D eigenvalue weighted by atomic mass is 15.6. The van der Waals surface area contributed by atoms with E-state index in [4.69, 9.17) is 0 Å². The number of nitrogens with zero attached hydrogens (tertiary/aromatic N) is 4. The van der Waals surface area contributed by atoms with Crippen LogP contribution < -0.4 is 5.32 Å². The van der Waals surface area contributed by atoms with E-state index < -0.39 is 0 Å². The molecule has 0 aliphatic rings. The minimum Gasteiger partial charge on any atom is -0.316 e. The molecule has 0 spiro atoms. The van der Waals surface area contributed by atoms with Gasteiger partial charge in [-0.25, -0.2) is 0 Å². The lowest BCUT2D eigenvalue weighted by Gasteiger charge is -2.18. The molecule has 0 saturated carbocycles. The summed E-state index contributed by atoms with van der Waals surface area (Å²) in [6.45, 7) is 8.51. The molecule has 0 bridgehead atoms. The van der Waals surface area contributed by atoms with Crippen molar-refractivity contribution in [2.75, 3.05) is 13.1 Å². The highest BCUT2D eigenvalue weighted by Crippen LogP contribution is 2.19. The van der Waals surface area contributed by atoms with E-state index in [2.05, 4.69) is 65.8 Å². The monoisotopic (exact) mass is 287 g/mol. The summed E-state index contributed by atoms with van der Waals surface area (Å²) in [6.07, 6.45) is 0.808. The third-order valence-electron chi connectivity index (χ3n) is 3.47. The highest BCUT2D eigenvalue weighted by molar-refractivity contribution is 5.25. The summed E-state index contributed by atoms with van der Waals surface area (Å²) in [5, 5.41) is 15.9. The molecule has 0 aliphatic carbocycles. The van der Waals surface area contributed by atoms with Crippen LogP contribution in [0.25, 0.3) is 0 Å². The van der Waals surface area contributed by atoms with Crippen molar-refractivity contribution in [1.82, 2.24) is 25.5 Å². The highest BCUT2D eigenvalue weighted by Gasteiger charge is 2.15. The molecule has 2 rings (SSSR count).